The molecule has 3 heterocycles. The number of piperazine rings is 1. The van der Waals surface area contributed by atoms with E-state index >= 15 is 0 Å². The molecule has 7 heteroatoms. The third kappa shape index (κ3) is 3.65. The average molecular weight is 408 g/mol. The number of fused-ring (bicyclic) bond motifs is 1. The monoisotopic (exact) mass is 407 g/mol. The number of nitrogens with zero attached hydrogens (tertiary/aromatic N) is 5. The fourth-order valence-electron chi connectivity index (χ4n) is 3.70. The molecule has 142 valence electrons. The minimum Gasteiger partial charge on any atom is -0.353 e. The summed E-state index contributed by atoms with van der Waals surface area (Å²) in [7, 11) is 0. The largest absolute Gasteiger partial charge is 0.353 e. The van der Waals surface area contributed by atoms with Crippen LogP contribution in [0.3, 0.4) is 0 Å². The first kappa shape index (κ1) is 17.7. The molecule has 1 fully saturated rings. The maximum Gasteiger partial charge on any atom is 0.150 e. The van der Waals surface area contributed by atoms with Crippen molar-refractivity contribution >= 4 is 39.0 Å². The molecule has 28 heavy (non-hydrogen) atoms. The van der Waals surface area contributed by atoms with Gasteiger partial charge in [0.2, 0.25) is 0 Å². The van der Waals surface area contributed by atoms with E-state index in [1.54, 1.807) is 11.5 Å². The number of hydrogen-bond donors (Lipinski definition) is 0. The first-order chi connectivity index (χ1) is 13.9. The zero-order valence-electron chi connectivity index (χ0n) is 15.5. The van der Waals surface area contributed by atoms with Gasteiger partial charge < -0.3 is 4.90 Å². The molecule has 2 aromatic carbocycles. The second kappa shape index (κ2) is 7.95. The Kier molecular flexibility index (Phi) is 5.03. The van der Waals surface area contributed by atoms with E-state index in [1.165, 1.54) is 27.2 Å². The van der Waals surface area contributed by atoms with E-state index in [2.05, 4.69) is 67.9 Å². The molecule has 4 aromatic rings. The molecule has 0 bridgehead atoms. The van der Waals surface area contributed by atoms with Gasteiger partial charge in [0.15, 0.2) is 0 Å². The lowest BCUT2D eigenvalue weighted by atomic mass is 10.1. The average Bonchev–Trinajstić information content (AvgIpc) is 3.43. The van der Waals surface area contributed by atoms with Crippen LogP contribution in [0.25, 0.3) is 21.3 Å². The number of anilines is 1. The van der Waals surface area contributed by atoms with Crippen LogP contribution in [-0.4, -0.2) is 51.6 Å². The van der Waals surface area contributed by atoms with E-state index in [0.29, 0.717) is 0 Å². The Morgan fingerprint density at radius 1 is 0.929 bits per heavy atom. The van der Waals surface area contributed by atoms with E-state index < -0.39 is 0 Å². The predicted octanol–water partition coefficient (Wildman–Crippen LogP) is 4.18. The summed E-state index contributed by atoms with van der Waals surface area (Å²) in [6.45, 7) is 5.37. The quantitative estimate of drug-likeness (QED) is 0.497. The normalized spacial score (nSPS) is 15.4. The zero-order valence-corrected chi connectivity index (χ0v) is 17.1. The van der Waals surface area contributed by atoms with Crippen molar-refractivity contribution in [2.75, 3.05) is 37.6 Å². The van der Waals surface area contributed by atoms with Crippen molar-refractivity contribution in [1.82, 2.24) is 18.9 Å². The molecule has 0 radical (unpaired) electrons. The highest BCUT2D eigenvalue weighted by atomic mass is 32.1. The lowest BCUT2D eigenvalue weighted by Crippen LogP contribution is -2.47. The Hall–Kier alpha value is -2.35. The molecule has 5 nitrogen and oxygen atoms in total. The Morgan fingerprint density at radius 3 is 2.54 bits per heavy atom. The predicted molar refractivity (Wildman–Crippen MR) is 117 cm³/mol. The SMILES string of the molecule is c1ccc2c(N3CCN(CCc4ccc(-c5csnn5)cc4)CC3)nsc2c1. The second-order valence-corrected chi connectivity index (χ2v) is 8.48. The number of benzene rings is 2. The van der Waals surface area contributed by atoms with Crippen LogP contribution >= 0.6 is 23.1 Å². The van der Waals surface area contributed by atoms with Crippen LogP contribution in [-0.2, 0) is 6.42 Å². The fraction of sp³-hybridized carbons (Fsp3) is 0.286. The lowest BCUT2D eigenvalue weighted by molar-refractivity contribution is 0.261. The summed E-state index contributed by atoms with van der Waals surface area (Å²) < 4.78 is 9.92. The molecule has 1 saturated heterocycles. The maximum atomic E-state index is 4.71. The molecule has 0 unspecified atom stereocenters. The number of rotatable bonds is 5. The van der Waals surface area contributed by atoms with Crippen molar-refractivity contribution < 1.29 is 0 Å². The van der Waals surface area contributed by atoms with Gasteiger partial charge >= 0.3 is 0 Å². The van der Waals surface area contributed by atoms with Gasteiger partial charge in [-0.15, -0.1) is 5.10 Å². The standard InChI is InChI=1S/C21H21N5S2/c1-2-4-20-18(3-1)21(23-28-20)26-13-11-25(12-14-26)10-9-16-5-7-17(8-6-16)19-15-27-24-22-19/h1-8,15H,9-14H2. The van der Waals surface area contributed by atoms with Gasteiger partial charge in [-0.3, -0.25) is 4.90 Å². The van der Waals surface area contributed by atoms with Gasteiger partial charge in [-0.1, -0.05) is 40.9 Å². The van der Waals surface area contributed by atoms with Crippen molar-refractivity contribution in [3.63, 3.8) is 0 Å². The smallest absolute Gasteiger partial charge is 0.150 e. The van der Waals surface area contributed by atoms with E-state index in [4.69, 9.17) is 4.37 Å². The molecule has 0 aliphatic carbocycles. The highest BCUT2D eigenvalue weighted by Crippen LogP contribution is 2.29. The van der Waals surface area contributed by atoms with Gasteiger partial charge in [0.25, 0.3) is 0 Å². The van der Waals surface area contributed by atoms with Crippen molar-refractivity contribution in [2.45, 2.75) is 6.42 Å². The van der Waals surface area contributed by atoms with E-state index in [-0.39, 0.29) is 0 Å². The molecule has 0 spiro atoms. The van der Waals surface area contributed by atoms with Crippen LogP contribution in [0, 0.1) is 0 Å². The molecule has 2 aromatic heterocycles. The summed E-state index contributed by atoms with van der Waals surface area (Å²) in [5, 5.41) is 7.41. The summed E-state index contributed by atoms with van der Waals surface area (Å²) in [4.78, 5) is 5.00. The Labute approximate surface area is 172 Å². The third-order valence-electron chi connectivity index (χ3n) is 5.36. The van der Waals surface area contributed by atoms with Gasteiger partial charge in [0.05, 0.1) is 4.70 Å². The molecular weight excluding hydrogens is 386 g/mol. The van der Waals surface area contributed by atoms with Crippen LogP contribution in [0.5, 0.6) is 0 Å². The van der Waals surface area contributed by atoms with E-state index in [9.17, 15) is 0 Å². The third-order valence-corrected chi connectivity index (χ3v) is 6.68. The number of hydrogen-bond acceptors (Lipinski definition) is 7. The van der Waals surface area contributed by atoms with Crippen LogP contribution < -0.4 is 4.90 Å². The minimum absolute atomic E-state index is 0.960. The maximum absolute atomic E-state index is 4.71. The lowest BCUT2D eigenvalue weighted by Gasteiger charge is -2.35. The Bertz CT molecular complexity index is 1030. The van der Waals surface area contributed by atoms with Crippen molar-refractivity contribution in [2.24, 2.45) is 0 Å². The Morgan fingerprint density at radius 2 is 1.75 bits per heavy atom. The van der Waals surface area contributed by atoms with Crippen molar-refractivity contribution in [3.8, 4) is 11.3 Å². The topological polar surface area (TPSA) is 45.2 Å². The summed E-state index contributed by atoms with van der Waals surface area (Å²) in [6, 6.07) is 17.3. The molecule has 1 aliphatic heterocycles. The van der Waals surface area contributed by atoms with Crippen LogP contribution in [0.1, 0.15) is 5.56 Å². The number of aromatic nitrogens is 3. The molecule has 1 aliphatic rings. The summed E-state index contributed by atoms with van der Waals surface area (Å²) in [5.74, 6) is 1.16. The fourth-order valence-corrected chi connectivity index (χ4v) is 4.96. The van der Waals surface area contributed by atoms with E-state index in [1.807, 2.05) is 5.38 Å². The van der Waals surface area contributed by atoms with Crippen molar-refractivity contribution in [1.29, 1.82) is 0 Å². The van der Waals surface area contributed by atoms with Crippen molar-refractivity contribution in [3.05, 3.63) is 59.5 Å². The summed E-state index contributed by atoms with van der Waals surface area (Å²) >= 11 is 2.99. The molecule has 0 atom stereocenters. The summed E-state index contributed by atoms with van der Waals surface area (Å²) in [6.07, 6.45) is 1.08. The molecule has 0 saturated carbocycles. The van der Waals surface area contributed by atoms with Gasteiger partial charge in [-0.25, -0.2) is 0 Å². The van der Waals surface area contributed by atoms with Gasteiger partial charge in [-0.2, -0.15) is 4.37 Å². The first-order valence-corrected chi connectivity index (χ1v) is 11.2. The van der Waals surface area contributed by atoms with Gasteiger partial charge in [0, 0.05) is 49.1 Å². The first-order valence-electron chi connectivity index (χ1n) is 9.55. The van der Waals surface area contributed by atoms with Gasteiger partial charge in [-0.05, 0) is 47.2 Å². The highest BCUT2D eigenvalue weighted by Gasteiger charge is 2.20. The zero-order chi connectivity index (χ0) is 18.8. The highest BCUT2D eigenvalue weighted by molar-refractivity contribution is 7.13. The minimum atomic E-state index is 0.960. The Balaban J connectivity index is 1.15. The van der Waals surface area contributed by atoms with Crippen LogP contribution in [0.4, 0.5) is 5.82 Å². The molecule has 0 N–H and O–H groups in total. The molecule has 5 rings (SSSR count). The van der Waals surface area contributed by atoms with Crippen LogP contribution in [0.15, 0.2) is 53.9 Å². The second-order valence-electron chi connectivity index (χ2n) is 7.07. The van der Waals surface area contributed by atoms with Gasteiger partial charge in [0.1, 0.15) is 11.5 Å². The summed E-state index contributed by atoms with van der Waals surface area (Å²) in [5.41, 5.74) is 3.48. The molecule has 0 amide bonds. The van der Waals surface area contributed by atoms with E-state index in [0.717, 1.165) is 56.2 Å². The molecular formula is C21H21N5S2. The van der Waals surface area contributed by atoms with Crippen LogP contribution in [0.2, 0.25) is 0 Å².